The Labute approximate surface area is 142 Å². The van der Waals surface area contributed by atoms with Gasteiger partial charge in [-0.2, -0.15) is 18.7 Å². The van der Waals surface area contributed by atoms with Crippen molar-refractivity contribution < 1.29 is 32.3 Å². The van der Waals surface area contributed by atoms with Gasteiger partial charge in [0.15, 0.2) is 0 Å². The number of nitrogens with one attached hydrogen (secondary N) is 1. The van der Waals surface area contributed by atoms with Crippen LogP contribution in [0.2, 0.25) is 0 Å². The lowest BCUT2D eigenvalue weighted by Crippen LogP contribution is -2.46. The van der Waals surface area contributed by atoms with Gasteiger partial charge >= 0.3 is 12.3 Å². The Hall–Kier alpha value is -2.45. The molecule has 138 valence electrons. The minimum absolute atomic E-state index is 0.0301. The SMILES string of the molecule is COc1ccc(CCC(=O)NOC(=O)N2CCCC2C(F)(F)F)cc1. The summed E-state index contributed by atoms with van der Waals surface area (Å²) in [6.45, 7) is -0.0509. The predicted molar refractivity (Wildman–Crippen MR) is 81.7 cm³/mol. The number of nitrogens with zero attached hydrogens (tertiary/aromatic N) is 1. The van der Waals surface area contributed by atoms with Crippen LogP contribution in [0.3, 0.4) is 0 Å². The number of rotatable bonds is 4. The van der Waals surface area contributed by atoms with E-state index in [4.69, 9.17) is 4.74 Å². The number of carbonyl (C=O) groups excluding carboxylic acids is 2. The Morgan fingerprint density at radius 3 is 2.56 bits per heavy atom. The fraction of sp³-hybridized carbons (Fsp3) is 0.500. The third kappa shape index (κ3) is 5.27. The molecule has 0 bridgehead atoms. The highest BCUT2D eigenvalue weighted by molar-refractivity contribution is 5.77. The molecule has 0 aliphatic carbocycles. The molecule has 0 aromatic heterocycles. The van der Waals surface area contributed by atoms with Gasteiger partial charge in [0.2, 0.25) is 0 Å². The van der Waals surface area contributed by atoms with Gasteiger partial charge in [0.1, 0.15) is 11.8 Å². The number of halogens is 3. The first kappa shape index (κ1) is 18.9. The average molecular weight is 360 g/mol. The zero-order chi connectivity index (χ0) is 18.4. The van der Waals surface area contributed by atoms with Gasteiger partial charge in [-0.05, 0) is 37.0 Å². The molecule has 6 nitrogen and oxygen atoms in total. The van der Waals surface area contributed by atoms with Crippen LogP contribution in [-0.2, 0) is 16.1 Å². The first-order chi connectivity index (χ1) is 11.8. The number of amides is 2. The van der Waals surface area contributed by atoms with Crippen molar-refractivity contribution in [3.05, 3.63) is 29.8 Å². The largest absolute Gasteiger partial charge is 0.497 e. The van der Waals surface area contributed by atoms with Crippen LogP contribution in [0.15, 0.2) is 24.3 Å². The zero-order valence-corrected chi connectivity index (χ0v) is 13.6. The molecule has 1 heterocycles. The highest BCUT2D eigenvalue weighted by Crippen LogP contribution is 2.32. The van der Waals surface area contributed by atoms with E-state index >= 15 is 0 Å². The predicted octanol–water partition coefficient (Wildman–Crippen LogP) is 2.82. The fourth-order valence-corrected chi connectivity index (χ4v) is 2.59. The summed E-state index contributed by atoms with van der Waals surface area (Å²) < 4.78 is 43.4. The highest BCUT2D eigenvalue weighted by atomic mass is 19.4. The summed E-state index contributed by atoms with van der Waals surface area (Å²) in [5, 5.41) is 0. The van der Waals surface area contributed by atoms with E-state index in [1.807, 2.05) is 5.48 Å². The number of ether oxygens (including phenoxy) is 1. The van der Waals surface area contributed by atoms with Crippen molar-refractivity contribution in [3.8, 4) is 5.75 Å². The van der Waals surface area contributed by atoms with Crippen LogP contribution in [-0.4, -0.2) is 42.8 Å². The van der Waals surface area contributed by atoms with E-state index < -0.39 is 24.2 Å². The Morgan fingerprint density at radius 2 is 1.96 bits per heavy atom. The van der Waals surface area contributed by atoms with Crippen LogP contribution < -0.4 is 10.2 Å². The lowest BCUT2D eigenvalue weighted by molar-refractivity contribution is -0.173. The van der Waals surface area contributed by atoms with Crippen LogP contribution in [0.25, 0.3) is 0 Å². The number of aryl methyl sites for hydroxylation is 1. The van der Waals surface area contributed by atoms with Crippen LogP contribution in [0.4, 0.5) is 18.0 Å². The number of likely N-dealkylation sites (tertiary alicyclic amines) is 1. The van der Waals surface area contributed by atoms with Gasteiger partial charge in [-0.3, -0.25) is 9.69 Å². The summed E-state index contributed by atoms with van der Waals surface area (Å²) >= 11 is 0. The number of carbonyl (C=O) groups is 2. The Bertz CT molecular complexity index is 604. The summed E-state index contributed by atoms with van der Waals surface area (Å²) in [7, 11) is 1.54. The molecular formula is C16H19F3N2O4. The highest BCUT2D eigenvalue weighted by Gasteiger charge is 2.48. The molecule has 0 radical (unpaired) electrons. The van der Waals surface area contributed by atoms with Crippen molar-refractivity contribution in [2.45, 2.75) is 37.9 Å². The van der Waals surface area contributed by atoms with Gasteiger partial charge in [-0.25, -0.2) is 4.79 Å². The number of hydroxylamine groups is 1. The number of hydrogen-bond acceptors (Lipinski definition) is 4. The molecule has 1 atom stereocenters. The molecule has 1 N–H and O–H groups in total. The monoisotopic (exact) mass is 360 g/mol. The van der Waals surface area contributed by atoms with Crippen molar-refractivity contribution in [1.29, 1.82) is 0 Å². The average Bonchev–Trinajstić information content (AvgIpc) is 3.08. The van der Waals surface area contributed by atoms with Crippen LogP contribution in [0.1, 0.15) is 24.8 Å². The molecule has 1 fully saturated rings. The second-order valence-electron chi connectivity index (χ2n) is 5.63. The van der Waals surface area contributed by atoms with E-state index in [0.717, 1.165) is 5.56 Å². The molecule has 1 saturated heterocycles. The third-order valence-corrected chi connectivity index (χ3v) is 3.92. The number of hydrogen-bond donors (Lipinski definition) is 1. The molecule has 1 aromatic carbocycles. The van der Waals surface area contributed by atoms with Crippen molar-refractivity contribution >= 4 is 12.0 Å². The number of methoxy groups -OCH3 is 1. The number of alkyl halides is 3. The van der Waals surface area contributed by atoms with E-state index in [0.29, 0.717) is 17.1 Å². The van der Waals surface area contributed by atoms with E-state index in [1.54, 1.807) is 31.4 Å². The summed E-state index contributed by atoms with van der Waals surface area (Å²) in [4.78, 5) is 28.5. The Morgan fingerprint density at radius 1 is 1.28 bits per heavy atom. The van der Waals surface area contributed by atoms with Gasteiger partial charge in [0.25, 0.3) is 5.91 Å². The molecule has 0 saturated carbocycles. The smallest absolute Gasteiger partial charge is 0.434 e. The summed E-state index contributed by atoms with van der Waals surface area (Å²) in [6, 6.07) is 5.21. The maximum Gasteiger partial charge on any atom is 0.434 e. The van der Waals surface area contributed by atoms with Gasteiger partial charge < -0.3 is 9.57 Å². The van der Waals surface area contributed by atoms with Crippen LogP contribution in [0.5, 0.6) is 5.75 Å². The van der Waals surface area contributed by atoms with E-state index in [-0.39, 0.29) is 25.8 Å². The normalized spacial score (nSPS) is 17.3. The lowest BCUT2D eigenvalue weighted by Gasteiger charge is -2.25. The molecule has 2 amide bonds. The standard InChI is InChI=1S/C16H19F3N2O4/c1-24-12-7-4-11(5-8-12)6-9-14(22)20-25-15(23)21-10-2-3-13(21)16(17,18)19/h4-5,7-8,13H,2-3,6,9-10H2,1H3,(H,20,22). The fourth-order valence-electron chi connectivity index (χ4n) is 2.59. The van der Waals surface area contributed by atoms with Gasteiger partial charge in [-0.15, -0.1) is 0 Å². The first-order valence-corrected chi connectivity index (χ1v) is 7.77. The maximum atomic E-state index is 12.8. The molecule has 1 aliphatic heterocycles. The van der Waals surface area contributed by atoms with Crippen molar-refractivity contribution in [2.24, 2.45) is 0 Å². The van der Waals surface area contributed by atoms with E-state index in [9.17, 15) is 22.8 Å². The first-order valence-electron chi connectivity index (χ1n) is 7.77. The van der Waals surface area contributed by atoms with E-state index in [2.05, 4.69) is 4.84 Å². The van der Waals surface area contributed by atoms with Crippen LogP contribution >= 0.6 is 0 Å². The quantitative estimate of drug-likeness (QED) is 0.839. The van der Waals surface area contributed by atoms with Crippen LogP contribution in [0, 0.1) is 0 Å². The molecule has 1 unspecified atom stereocenters. The summed E-state index contributed by atoms with van der Waals surface area (Å²) in [5.41, 5.74) is 2.78. The molecule has 2 rings (SSSR count). The molecule has 0 spiro atoms. The molecule has 25 heavy (non-hydrogen) atoms. The minimum atomic E-state index is -4.51. The molecule has 1 aliphatic rings. The van der Waals surface area contributed by atoms with Gasteiger partial charge in [-0.1, -0.05) is 12.1 Å². The number of benzene rings is 1. The minimum Gasteiger partial charge on any atom is -0.497 e. The second kappa shape index (κ2) is 8.09. The van der Waals surface area contributed by atoms with E-state index in [1.165, 1.54) is 0 Å². The zero-order valence-electron chi connectivity index (χ0n) is 13.6. The lowest BCUT2D eigenvalue weighted by atomic mass is 10.1. The van der Waals surface area contributed by atoms with Crippen molar-refractivity contribution in [2.75, 3.05) is 13.7 Å². The topological polar surface area (TPSA) is 67.9 Å². The van der Waals surface area contributed by atoms with Gasteiger partial charge in [0, 0.05) is 13.0 Å². The van der Waals surface area contributed by atoms with Crippen molar-refractivity contribution in [3.63, 3.8) is 0 Å². The van der Waals surface area contributed by atoms with Gasteiger partial charge in [0.05, 0.1) is 7.11 Å². The molecule has 1 aromatic rings. The Kier molecular flexibility index (Phi) is 6.11. The van der Waals surface area contributed by atoms with Crippen molar-refractivity contribution in [1.82, 2.24) is 10.4 Å². The summed E-state index contributed by atoms with van der Waals surface area (Å²) in [5.74, 6) is 0.0962. The third-order valence-electron chi connectivity index (χ3n) is 3.92. The summed E-state index contributed by atoms with van der Waals surface area (Å²) in [6.07, 6.45) is -5.20. The second-order valence-corrected chi connectivity index (χ2v) is 5.63. The molecule has 9 heteroatoms. The molecular weight excluding hydrogens is 341 g/mol. The Balaban J connectivity index is 1.76. The maximum absolute atomic E-state index is 12.8.